The minimum Gasteiger partial charge on any atom is -0.258 e. The molecule has 4 heteroatoms. The molecule has 0 saturated heterocycles. The first kappa shape index (κ1) is 15.9. The highest BCUT2D eigenvalue weighted by molar-refractivity contribution is 9.10. The summed E-state index contributed by atoms with van der Waals surface area (Å²) in [7, 11) is 0. The fraction of sp³-hybridized carbons (Fsp3) is 0.0526. The standard InChI is InChI=1S/C19H14BrClN2/c1-13-17(20)18(21)16(12-22-13)23-19(14-8-4-2-5-9-14)15-10-6-3-7-11-15/h2-12H,1H3. The SMILES string of the molecule is Cc1ncc(N=C(c2ccccc2)c2ccccc2)c(Cl)c1Br. The Hall–Kier alpha value is -1.97. The number of rotatable bonds is 3. The summed E-state index contributed by atoms with van der Waals surface area (Å²) >= 11 is 9.89. The molecule has 0 aliphatic carbocycles. The molecule has 1 heterocycles. The third-order valence-electron chi connectivity index (χ3n) is 3.44. The summed E-state index contributed by atoms with van der Waals surface area (Å²) in [4.78, 5) is 9.13. The molecule has 0 saturated carbocycles. The quantitative estimate of drug-likeness (QED) is 0.509. The lowest BCUT2D eigenvalue weighted by Crippen LogP contribution is -2.02. The molecule has 0 fully saturated rings. The van der Waals surface area contributed by atoms with Crippen molar-refractivity contribution in [2.75, 3.05) is 0 Å². The van der Waals surface area contributed by atoms with Crippen molar-refractivity contribution in [1.29, 1.82) is 0 Å². The van der Waals surface area contributed by atoms with Crippen LogP contribution in [0.3, 0.4) is 0 Å². The van der Waals surface area contributed by atoms with Crippen molar-refractivity contribution < 1.29 is 0 Å². The predicted octanol–water partition coefficient (Wildman–Crippen LogP) is 5.98. The van der Waals surface area contributed by atoms with Crippen LogP contribution in [0.1, 0.15) is 16.8 Å². The summed E-state index contributed by atoms with van der Waals surface area (Å²) < 4.78 is 0.779. The Morgan fingerprint density at radius 3 is 2.00 bits per heavy atom. The van der Waals surface area contributed by atoms with Crippen LogP contribution in [-0.4, -0.2) is 10.7 Å². The molecule has 0 aliphatic rings. The fourth-order valence-electron chi connectivity index (χ4n) is 2.23. The average Bonchev–Trinajstić information content (AvgIpc) is 2.61. The van der Waals surface area contributed by atoms with Gasteiger partial charge in [0, 0.05) is 11.1 Å². The molecule has 3 aromatic rings. The van der Waals surface area contributed by atoms with Crippen molar-refractivity contribution >= 4 is 38.9 Å². The Labute approximate surface area is 149 Å². The molecule has 0 N–H and O–H groups in total. The molecular weight excluding hydrogens is 372 g/mol. The van der Waals surface area contributed by atoms with Crippen LogP contribution in [0.4, 0.5) is 5.69 Å². The molecule has 114 valence electrons. The number of halogens is 2. The summed E-state index contributed by atoms with van der Waals surface area (Å²) in [5.74, 6) is 0. The third kappa shape index (κ3) is 3.52. The normalized spacial score (nSPS) is 10.4. The van der Waals surface area contributed by atoms with Gasteiger partial charge in [-0.3, -0.25) is 4.98 Å². The molecule has 0 spiro atoms. The van der Waals surface area contributed by atoms with Crippen LogP contribution < -0.4 is 0 Å². The van der Waals surface area contributed by atoms with Crippen molar-refractivity contribution in [3.63, 3.8) is 0 Å². The van der Waals surface area contributed by atoms with E-state index in [2.05, 4.69) is 20.9 Å². The maximum Gasteiger partial charge on any atom is 0.102 e. The van der Waals surface area contributed by atoms with Gasteiger partial charge in [-0.2, -0.15) is 0 Å². The second-order valence-corrected chi connectivity index (χ2v) is 6.22. The summed E-state index contributed by atoms with van der Waals surface area (Å²) in [5, 5.41) is 0.571. The van der Waals surface area contributed by atoms with E-state index in [9.17, 15) is 0 Å². The monoisotopic (exact) mass is 384 g/mol. The molecule has 0 unspecified atom stereocenters. The number of hydrogen-bond acceptors (Lipinski definition) is 2. The fourth-order valence-corrected chi connectivity index (χ4v) is 2.76. The average molecular weight is 386 g/mol. The third-order valence-corrected chi connectivity index (χ3v) is 5.02. The van der Waals surface area contributed by atoms with Crippen molar-refractivity contribution in [2.24, 2.45) is 4.99 Å². The number of aliphatic imine (C=N–C) groups is 1. The van der Waals surface area contributed by atoms with Crippen molar-refractivity contribution in [3.8, 4) is 0 Å². The van der Waals surface area contributed by atoms with Gasteiger partial charge in [0.2, 0.25) is 0 Å². The highest BCUT2D eigenvalue weighted by Gasteiger charge is 2.11. The zero-order valence-electron chi connectivity index (χ0n) is 12.5. The highest BCUT2D eigenvalue weighted by atomic mass is 79.9. The van der Waals surface area contributed by atoms with Gasteiger partial charge in [0.15, 0.2) is 0 Å². The number of aryl methyl sites for hydroxylation is 1. The van der Waals surface area contributed by atoms with E-state index in [4.69, 9.17) is 16.6 Å². The molecule has 23 heavy (non-hydrogen) atoms. The lowest BCUT2D eigenvalue weighted by molar-refractivity contribution is 1.17. The van der Waals surface area contributed by atoms with Gasteiger partial charge in [0.05, 0.1) is 27.1 Å². The number of nitrogens with zero attached hydrogens (tertiary/aromatic N) is 2. The van der Waals surface area contributed by atoms with E-state index in [0.29, 0.717) is 10.7 Å². The van der Waals surface area contributed by atoms with E-state index in [1.54, 1.807) is 6.20 Å². The molecule has 3 rings (SSSR count). The maximum atomic E-state index is 6.42. The van der Waals surface area contributed by atoms with Crippen LogP contribution >= 0.6 is 27.5 Å². The second kappa shape index (κ2) is 7.07. The number of benzene rings is 2. The maximum absolute atomic E-state index is 6.42. The van der Waals surface area contributed by atoms with Crippen LogP contribution in [-0.2, 0) is 0 Å². The van der Waals surface area contributed by atoms with Crippen LogP contribution in [0.2, 0.25) is 5.02 Å². The Balaban J connectivity index is 2.19. The number of pyridine rings is 1. The minimum absolute atomic E-state index is 0.571. The van der Waals surface area contributed by atoms with Gasteiger partial charge in [-0.15, -0.1) is 0 Å². The summed E-state index contributed by atoms with van der Waals surface area (Å²) in [6, 6.07) is 20.1. The first-order valence-electron chi connectivity index (χ1n) is 7.17. The van der Waals surface area contributed by atoms with Crippen LogP contribution in [0, 0.1) is 6.92 Å². The largest absolute Gasteiger partial charge is 0.258 e. The topological polar surface area (TPSA) is 25.2 Å². The Morgan fingerprint density at radius 1 is 0.957 bits per heavy atom. The Morgan fingerprint density at radius 2 is 1.48 bits per heavy atom. The molecule has 1 aromatic heterocycles. The summed E-state index contributed by atoms with van der Waals surface area (Å²) in [5.41, 5.74) is 4.42. The molecule has 2 aromatic carbocycles. The first-order valence-corrected chi connectivity index (χ1v) is 8.34. The van der Waals surface area contributed by atoms with Crippen LogP contribution in [0.15, 0.2) is 76.3 Å². The highest BCUT2D eigenvalue weighted by Crippen LogP contribution is 2.34. The van der Waals surface area contributed by atoms with Crippen molar-refractivity contribution in [2.45, 2.75) is 6.92 Å². The Bertz CT molecular complexity index is 805. The Kier molecular flexibility index (Phi) is 4.89. The first-order chi connectivity index (χ1) is 11.2. The van der Waals surface area contributed by atoms with E-state index in [-0.39, 0.29) is 0 Å². The van der Waals surface area contributed by atoms with E-state index >= 15 is 0 Å². The molecule has 0 amide bonds. The smallest absolute Gasteiger partial charge is 0.102 e. The van der Waals surface area contributed by atoms with Gasteiger partial charge < -0.3 is 0 Å². The van der Waals surface area contributed by atoms with Crippen molar-refractivity contribution in [3.05, 3.63) is 93.2 Å². The van der Waals surface area contributed by atoms with Gasteiger partial charge >= 0.3 is 0 Å². The number of aromatic nitrogens is 1. The molecule has 0 radical (unpaired) electrons. The summed E-state index contributed by atoms with van der Waals surface area (Å²) in [6.07, 6.45) is 1.70. The van der Waals surface area contributed by atoms with E-state index < -0.39 is 0 Å². The molecule has 0 aliphatic heterocycles. The van der Waals surface area contributed by atoms with Crippen LogP contribution in [0.25, 0.3) is 0 Å². The zero-order chi connectivity index (χ0) is 16.2. The molecule has 0 bridgehead atoms. The van der Waals surface area contributed by atoms with E-state index in [0.717, 1.165) is 27.0 Å². The molecule has 0 atom stereocenters. The lowest BCUT2D eigenvalue weighted by Gasteiger charge is -2.09. The lowest BCUT2D eigenvalue weighted by atomic mass is 10.0. The summed E-state index contributed by atoms with van der Waals surface area (Å²) in [6.45, 7) is 1.90. The minimum atomic E-state index is 0.571. The van der Waals surface area contributed by atoms with Gasteiger partial charge in [-0.1, -0.05) is 72.3 Å². The van der Waals surface area contributed by atoms with Crippen molar-refractivity contribution in [1.82, 2.24) is 4.98 Å². The van der Waals surface area contributed by atoms with Gasteiger partial charge in [-0.05, 0) is 22.9 Å². The second-order valence-electron chi connectivity index (χ2n) is 5.05. The van der Waals surface area contributed by atoms with Gasteiger partial charge in [0.25, 0.3) is 0 Å². The molecule has 2 nitrogen and oxygen atoms in total. The zero-order valence-corrected chi connectivity index (χ0v) is 14.8. The number of hydrogen-bond donors (Lipinski definition) is 0. The van der Waals surface area contributed by atoms with Crippen LogP contribution in [0.5, 0.6) is 0 Å². The van der Waals surface area contributed by atoms with Gasteiger partial charge in [0.1, 0.15) is 5.69 Å². The predicted molar refractivity (Wildman–Crippen MR) is 99.9 cm³/mol. The van der Waals surface area contributed by atoms with E-state index in [1.807, 2.05) is 67.6 Å². The van der Waals surface area contributed by atoms with E-state index in [1.165, 1.54) is 0 Å². The van der Waals surface area contributed by atoms with Gasteiger partial charge in [-0.25, -0.2) is 4.99 Å². The molecular formula is C19H14BrClN2.